The van der Waals surface area contributed by atoms with E-state index in [4.69, 9.17) is 5.73 Å². The van der Waals surface area contributed by atoms with Crippen LogP contribution in [-0.2, 0) is 25.7 Å². The number of carbonyl (C=O) groups is 5. The first-order valence-corrected chi connectivity index (χ1v) is 14.7. The van der Waals surface area contributed by atoms with E-state index in [0.717, 1.165) is 10.5 Å². The molecule has 2 heterocycles. The first kappa shape index (κ1) is 32.8. The molecule has 1 aromatic carbocycles. The van der Waals surface area contributed by atoms with Gasteiger partial charge in [-0.2, -0.15) is 0 Å². The number of hydrogen-bond donors (Lipinski definition) is 5. The Kier molecular flexibility index (Phi) is 10.9. The monoisotopic (exact) mass is 586 g/mol. The molecule has 2 saturated heterocycles. The van der Waals surface area contributed by atoms with Gasteiger partial charge in [0.2, 0.25) is 23.6 Å². The van der Waals surface area contributed by atoms with Crippen molar-refractivity contribution in [3.8, 4) is 0 Å². The number of benzene rings is 1. The molecule has 42 heavy (non-hydrogen) atoms. The third kappa shape index (κ3) is 8.21. The van der Waals surface area contributed by atoms with Crippen molar-refractivity contribution in [2.75, 3.05) is 13.1 Å². The number of fused-ring (bicyclic) bond motifs is 1. The molecule has 232 valence electrons. The van der Waals surface area contributed by atoms with Gasteiger partial charge in [0.1, 0.15) is 18.1 Å². The standard InChI is InChI=1S/C30H46N6O6/c1-18(2)20-8-6-19(7-9-20)16-33-26(38)22(11-13-25(31)37)34-27(39)23-12-10-21-14-15-32-17-24(28(40)35(21)23)36(29(41)42)30(3,4)5/h6-9,18,21-24,32H,10-17H2,1-5H3,(H2,31,37)(H,33,38)(H,34,39)(H,41,42)/t21-,22+,23+,24+/m1/s1. The van der Waals surface area contributed by atoms with E-state index in [2.05, 4.69) is 29.8 Å². The SMILES string of the molecule is CC(C)c1ccc(CNC(=O)[C@H](CCC(N)=O)NC(=O)[C@@H]2CC[C@@H]3CCNC[C@H](N(C(=O)O)C(C)(C)C)C(=O)N32)cc1. The van der Waals surface area contributed by atoms with Crippen LogP contribution in [0, 0.1) is 0 Å². The minimum absolute atomic E-state index is 0.00660. The van der Waals surface area contributed by atoms with E-state index in [-0.39, 0.29) is 32.0 Å². The number of amides is 5. The van der Waals surface area contributed by atoms with Crippen molar-refractivity contribution in [3.05, 3.63) is 35.4 Å². The van der Waals surface area contributed by atoms with Crippen LogP contribution in [0.2, 0.25) is 0 Å². The van der Waals surface area contributed by atoms with Crippen molar-refractivity contribution in [3.63, 3.8) is 0 Å². The lowest BCUT2D eigenvalue weighted by Gasteiger charge is -2.43. The minimum Gasteiger partial charge on any atom is -0.465 e. The Labute approximate surface area is 247 Å². The minimum atomic E-state index is -1.22. The van der Waals surface area contributed by atoms with Gasteiger partial charge >= 0.3 is 6.09 Å². The lowest BCUT2D eigenvalue weighted by atomic mass is 10.0. The van der Waals surface area contributed by atoms with Crippen LogP contribution in [0.4, 0.5) is 4.79 Å². The molecular weight excluding hydrogens is 540 g/mol. The van der Waals surface area contributed by atoms with Crippen LogP contribution < -0.4 is 21.7 Å². The summed E-state index contributed by atoms with van der Waals surface area (Å²) < 4.78 is 0. The van der Waals surface area contributed by atoms with Gasteiger partial charge in [0.05, 0.1) is 0 Å². The zero-order chi connectivity index (χ0) is 31.2. The number of hydrogen-bond acceptors (Lipinski definition) is 6. The molecule has 2 aliphatic heterocycles. The number of carboxylic acid groups (broad SMARTS) is 1. The Morgan fingerprint density at radius 1 is 1.12 bits per heavy atom. The number of nitrogens with two attached hydrogens (primary N) is 1. The van der Waals surface area contributed by atoms with Crippen molar-refractivity contribution in [1.82, 2.24) is 25.8 Å². The summed E-state index contributed by atoms with van der Waals surface area (Å²) >= 11 is 0. The second-order valence-corrected chi connectivity index (χ2v) is 12.5. The molecule has 0 unspecified atom stereocenters. The maximum absolute atomic E-state index is 13.9. The van der Waals surface area contributed by atoms with E-state index in [1.165, 1.54) is 10.5 Å². The Morgan fingerprint density at radius 3 is 2.36 bits per heavy atom. The third-order valence-electron chi connectivity index (χ3n) is 8.00. The van der Waals surface area contributed by atoms with Crippen LogP contribution in [0.25, 0.3) is 0 Å². The average Bonchev–Trinajstić information content (AvgIpc) is 3.32. The summed E-state index contributed by atoms with van der Waals surface area (Å²) in [7, 11) is 0. The van der Waals surface area contributed by atoms with Gasteiger partial charge in [0.25, 0.3) is 0 Å². The summed E-state index contributed by atoms with van der Waals surface area (Å²) in [6.45, 7) is 10.3. The summed E-state index contributed by atoms with van der Waals surface area (Å²) in [5, 5.41) is 18.8. The van der Waals surface area contributed by atoms with Crippen LogP contribution in [0.5, 0.6) is 0 Å². The predicted octanol–water partition coefficient (Wildman–Crippen LogP) is 1.68. The second-order valence-electron chi connectivity index (χ2n) is 12.5. The molecule has 0 spiro atoms. The topological polar surface area (TPSA) is 174 Å². The quantitative estimate of drug-likeness (QED) is 0.277. The maximum atomic E-state index is 13.9. The molecule has 4 atom stereocenters. The molecule has 1 aromatic rings. The van der Waals surface area contributed by atoms with Gasteiger partial charge in [-0.15, -0.1) is 0 Å². The van der Waals surface area contributed by atoms with Crippen molar-refractivity contribution in [1.29, 1.82) is 0 Å². The summed E-state index contributed by atoms with van der Waals surface area (Å²) in [6, 6.07) is 4.70. The molecule has 2 aliphatic rings. The van der Waals surface area contributed by atoms with Crippen LogP contribution >= 0.6 is 0 Å². The van der Waals surface area contributed by atoms with Gasteiger partial charge in [0.15, 0.2) is 0 Å². The highest BCUT2D eigenvalue weighted by Gasteiger charge is 2.48. The Hall–Kier alpha value is -3.67. The zero-order valence-corrected chi connectivity index (χ0v) is 25.3. The van der Waals surface area contributed by atoms with E-state index in [0.29, 0.717) is 31.7 Å². The lowest BCUT2D eigenvalue weighted by Crippen LogP contribution is -2.64. The van der Waals surface area contributed by atoms with Crippen molar-refractivity contribution < 1.29 is 29.1 Å². The molecule has 0 aliphatic carbocycles. The molecule has 12 heteroatoms. The molecule has 0 saturated carbocycles. The highest BCUT2D eigenvalue weighted by Crippen LogP contribution is 2.31. The van der Waals surface area contributed by atoms with E-state index in [1.54, 1.807) is 20.8 Å². The molecule has 0 aromatic heterocycles. The largest absolute Gasteiger partial charge is 0.465 e. The van der Waals surface area contributed by atoms with E-state index >= 15 is 0 Å². The van der Waals surface area contributed by atoms with Crippen LogP contribution in [0.15, 0.2) is 24.3 Å². The predicted molar refractivity (Wildman–Crippen MR) is 157 cm³/mol. The van der Waals surface area contributed by atoms with E-state index in [9.17, 15) is 29.1 Å². The molecule has 5 amide bonds. The summed E-state index contributed by atoms with van der Waals surface area (Å²) in [4.78, 5) is 67.1. The summed E-state index contributed by atoms with van der Waals surface area (Å²) in [6.07, 6.45) is 0.250. The van der Waals surface area contributed by atoms with Gasteiger partial charge in [0, 0.05) is 31.1 Å². The first-order chi connectivity index (χ1) is 19.7. The number of carbonyl (C=O) groups excluding carboxylic acids is 4. The van der Waals surface area contributed by atoms with Crippen molar-refractivity contribution >= 4 is 29.7 Å². The number of primary amides is 1. The van der Waals surface area contributed by atoms with Gasteiger partial charge < -0.3 is 31.7 Å². The van der Waals surface area contributed by atoms with Crippen LogP contribution in [-0.4, -0.2) is 87.4 Å². The van der Waals surface area contributed by atoms with Crippen LogP contribution in [0.3, 0.4) is 0 Å². The van der Waals surface area contributed by atoms with Gasteiger partial charge in [-0.1, -0.05) is 38.1 Å². The Morgan fingerprint density at radius 2 is 1.79 bits per heavy atom. The number of nitrogens with zero attached hydrogens (tertiary/aromatic N) is 2. The normalized spacial score (nSPS) is 21.6. The molecule has 0 radical (unpaired) electrons. The van der Waals surface area contributed by atoms with E-state index in [1.807, 2.05) is 24.3 Å². The van der Waals surface area contributed by atoms with Crippen molar-refractivity contribution in [2.45, 2.75) is 109 Å². The smallest absolute Gasteiger partial charge is 0.408 e. The van der Waals surface area contributed by atoms with Gasteiger partial charge in [-0.3, -0.25) is 24.1 Å². The molecule has 12 nitrogen and oxygen atoms in total. The summed E-state index contributed by atoms with van der Waals surface area (Å²) in [5.41, 5.74) is 6.56. The second kappa shape index (κ2) is 14.0. The third-order valence-corrected chi connectivity index (χ3v) is 8.00. The molecule has 3 rings (SSSR count). The fourth-order valence-corrected chi connectivity index (χ4v) is 5.77. The molecule has 2 fully saturated rings. The van der Waals surface area contributed by atoms with Gasteiger partial charge in [-0.05, 0) is 70.0 Å². The van der Waals surface area contributed by atoms with Crippen LogP contribution in [0.1, 0.15) is 83.8 Å². The average molecular weight is 587 g/mol. The fraction of sp³-hybridized carbons (Fsp3) is 0.633. The highest BCUT2D eigenvalue weighted by molar-refractivity contribution is 5.95. The molecule has 0 bridgehead atoms. The number of nitrogens with one attached hydrogen (secondary N) is 3. The van der Waals surface area contributed by atoms with Gasteiger partial charge in [-0.25, -0.2) is 4.79 Å². The summed E-state index contributed by atoms with van der Waals surface area (Å²) in [5.74, 6) is -1.63. The highest BCUT2D eigenvalue weighted by atomic mass is 16.4. The Balaban J connectivity index is 1.77. The molecular formula is C30H46N6O6. The zero-order valence-electron chi connectivity index (χ0n) is 25.3. The first-order valence-electron chi connectivity index (χ1n) is 14.7. The number of rotatable bonds is 10. The van der Waals surface area contributed by atoms with E-state index < -0.39 is 53.4 Å². The molecule has 6 N–H and O–H groups in total. The van der Waals surface area contributed by atoms with Crippen molar-refractivity contribution in [2.24, 2.45) is 5.73 Å². The maximum Gasteiger partial charge on any atom is 0.408 e. The Bertz CT molecular complexity index is 1150. The lowest BCUT2D eigenvalue weighted by molar-refractivity contribution is -0.146. The fourth-order valence-electron chi connectivity index (χ4n) is 5.77.